The fraction of sp³-hybridized carbons (Fsp3) is 0.538. The highest BCUT2D eigenvalue weighted by atomic mass is 79.9. The van der Waals surface area contributed by atoms with Gasteiger partial charge in [0.25, 0.3) is 0 Å². The van der Waals surface area contributed by atoms with Crippen LogP contribution in [0.25, 0.3) is 0 Å². The number of halogens is 2. The molecule has 5 heteroatoms. The highest BCUT2D eigenvalue weighted by Crippen LogP contribution is 2.17. The van der Waals surface area contributed by atoms with Gasteiger partial charge in [-0.05, 0) is 51.0 Å². The lowest BCUT2D eigenvalue weighted by Crippen LogP contribution is -2.42. The van der Waals surface area contributed by atoms with Gasteiger partial charge in [0.1, 0.15) is 5.82 Å². The molecule has 0 aliphatic carbocycles. The van der Waals surface area contributed by atoms with E-state index in [0.29, 0.717) is 18.6 Å². The minimum Gasteiger partial charge on any atom is -0.374 e. The maximum atomic E-state index is 13.6. The Balaban J connectivity index is 2.65. The van der Waals surface area contributed by atoms with E-state index in [0.717, 1.165) is 4.47 Å². The van der Waals surface area contributed by atoms with Crippen molar-refractivity contribution in [2.24, 2.45) is 5.84 Å². The lowest BCUT2D eigenvalue weighted by molar-refractivity contribution is -0.0144. The van der Waals surface area contributed by atoms with Gasteiger partial charge in [-0.15, -0.1) is 0 Å². The molecule has 102 valence electrons. The zero-order valence-corrected chi connectivity index (χ0v) is 12.6. The van der Waals surface area contributed by atoms with Crippen molar-refractivity contribution >= 4 is 15.9 Å². The Hall–Kier alpha value is -0.490. The number of ether oxygens (including phenoxy) is 1. The zero-order chi connectivity index (χ0) is 13.8. The van der Waals surface area contributed by atoms with Gasteiger partial charge in [-0.1, -0.05) is 15.9 Å². The highest BCUT2D eigenvalue weighted by Gasteiger charge is 2.16. The van der Waals surface area contributed by atoms with Crippen molar-refractivity contribution in [3.63, 3.8) is 0 Å². The molecule has 0 aromatic heterocycles. The van der Waals surface area contributed by atoms with Crippen LogP contribution in [-0.4, -0.2) is 18.2 Å². The third-order valence-electron chi connectivity index (χ3n) is 2.43. The molecule has 0 fully saturated rings. The third-order valence-corrected chi connectivity index (χ3v) is 2.92. The summed E-state index contributed by atoms with van der Waals surface area (Å²) in [5.74, 6) is 5.25. The summed E-state index contributed by atoms with van der Waals surface area (Å²) in [5.41, 5.74) is 3.05. The molecule has 0 saturated carbocycles. The Morgan fingerprint density at radius 2 is 2.11 bits per heavy atom. The molecule has 0 heterocycles. The van der Waals surface area contributed by atoms with Gasteiger partial charge >= 0.3 is 0 Å². The smallest absolute Gasteiger partial charge is 0.126 e. The van der Waals surface area contributed by atoms with Gasteiger partial charge < -0.3 is 4.74 Å². The number of benzene rings is 1. The molecule has 3 nitrogen and oxygen atoms in total. The van der Waals surface area contributed by atoms with E-state index in [2.05, 4.69) is 21.4 Å². The van der Waals surface area contributed by atoms with Crippen LogP contribution in [0.4, 0.5) is 4.39 Å². The largest absolute Gasteiger partial charge is 0.374 e. The van der Waals surface area contributed by atoms with Gasteiger partial charge in [-0.3, -0.25) is 11.3 Å². The first-order valence-electron chi connectivity index (χ1n) is 5.86. The fourth-order valence-electron chi connectivity index (χ4n) is 1.48. The van der Waals surface area contributed by atoms with Crippen LogP contribution in [0.1, 0.15) is 26.3 Å². The van der Waals surface area contributed by atoms with Crippen LogP contribution < -0.4 is 11.3 Å². The average Bonchev–Trinajstić information content (AvgIpc) is 2.27. The van der Waals surface area contributed by atoms with Crippen LogP contribution in [0.15, 0.2) is 22.7 Å². The van der Waals surface area contributed by atoms with Gasteiger partial charge in [-0.25, -0.2) is 4.39 Å². The Labute approximate surface area is 116 Å². The number of hydrazine groups is 1. The number of hydrogen-bond donors (Lipinski definition) is 2. The SMILES string of the molecule is CC(C)(C)OCC(Cc1cc(Br)ccc1F)NN. The monoisotopic (exact) mass is 318 g/mol. The lowest BCUT2D eigenvalue weighted by atomic mass is 10.1. The number of nitrogens with one attached hydrogen (secondary N) is 1. The van der Waals surface area contributed by atoms with Crippen LogP contribution in [-0.2, 0) is 11.2 Å². The Kier molecular flexibility index (Phi) is 5.72. The second-order valence-corrected chi connectivity index (χ2v) is 6.14. The molecular weight excluding hydrogens is 299 g/mol. The van der Waals surface area contributed by atoms with Gasteiger partial charge in [0.05, 0.1) is 12.2 Å². The molecule has 1 aromatic rings. The van der Waals surface area contributed by atoms with Crippen molar-refractivity contribution in [1.29, 1.82) is 0 Å². The molecule has 1 aromatic carbocycles. The first-order valence-corrected chi connectivity index (χ1v) is 6.65. The first-order chi connectivity index (χ1) is 8.31. The van der Waals surface area contributed by atoms with Crippen LogP contribution >= 0.6 is 15.9 Å². The zero-order valence-electron chi connectivity index (χ0n) is 11.0. The van der Waals surface area contributed by atoms with E-state index in [-0.39, 0.29) is 17.5 Å². The van der Waals surface area contributed by atoms with Crippen molar-refractivity contribution in [3.8, 4) is 0 Å². The molecule has 3 N–H and O–H groups in total. The summed E-state index contributed by atoms with van der Waals surface area (Å²) in [6, 6.07) is 4.76. The van der Waals surface area contributed by atoms with Crippen LogP contribution in [0, 0.1) is 5.82 Å². The molecule has 1 unspecified atom stereocenters. The second kappa shape index (κ2) is 6.61. The second-order valence-electron chi connectivity index (χ2n) is 5.23. The van der Waals surface area contributed by atoms with Crippen LogP contribution in [0.5, 0.6) is 0 Å². The molecule has 0 radical (unpaired) electrons. The summed E-state index contributed by atoms with van der Waals surface area (Å²) in [7, 11) is 0. The fourth-order valence-corrected chi connectivity index (χ4v) is 1.89. The van der Waals surface area contributed by atoms with Crippen molar-refractivity contribution in [2.75, 3.05) is 6.61 Å². The molecule has 1 rings (SSSR count). The summed E-state index contributed by atoms with van der Waals surface area (Å²) >= 11 is 3.33. The van der Waals surface area contributed by atoms with Gasteiger partial charge in [-0.2, -0.15) is 0 Å². The number of hydrogen-bond acceptors (Lipinski definition) is 3. The van der Waals surface area contributed by atoms with E-state index in [1.54, 1.807) is 12.1 Å². The molecule has 0 aliphatic rings. The van der Waals surface area contributed by atoms with E-state index < -0.39 is 0 Å². The van der Waals surface area contributed by atoms with Gasteiger partial charge in [0, 0.05) is 10.5 Å². The molecule has 0 amide bonds. The van der Waals surface area contributed by atoms with E-state index in [1.165, 1.54) is 6.07 Å². The standard InChI is InChI=1S/C13H20BrFN2O/c1-13(2,3)18-8-11(17-16)7-9-6-10(14)4-5-12(9)15/h4-6,11,17H,7-8,16H2,1-3H3. The minimum atomic E-state index is -0.231. The molecule has 0 bridgehead atoms. The van der Waals surface area contributed by atoms with E-state index in [9.17, 15) is 4.39 Å². The third kappa shape index (κ3) is 5.44. The van der Waals surface area contributed by atoms with Crippen LogP contribution in [0.3, 0.4) is 0 Å². The number of nitrogens with two attached hydrogens (primary N) is 1. The van der Waals surface area contributed by atoms with E-state index >= 15 is 0 Å². The quantitative estimate of drug-likeness (QED) is 0.648. The topological polar surface area (TPSA) is 47.3 Å². The summed E-state index contributed by atoms with van der Waals surface area (Å²) < 4.78 is 20.1. The molecule has 0 saturated heterocycles. The van der Waals surface area contributed by atoms with E-state index in [4.69, 9.17) is 10.6 Å². The van der Waals surface area contributed by atoms with Crippen molar-refractivity contribution in [2.45, 2.75) is 38.8 Å². The summed E-state index contributed by atoms with van der Waals surface area (Å²) in [4.78, 5) is 0. The Morgan fingerprint density at radius 3 is 2.67 bits per heavy atom. The Morgan fingerprint density at radius 1 is 1.44 bits per heavy atom. The summed E-state index contributed by atoms with van der Waals surface area (Å²) in [6.07, 6.45) is 0.484. The van der Waals surface area contributed by atoms with Gasteiger partial charge in [0.15, 0.2) is 0 Å². The summed E-state index contributed by atoms with van der Waals surface area (Å²) in [5, 5.41) is 0. The van der Waals surface area contributed by atoms with Crippen molar-refractivity contribution < 1.29 is 9.13 Å². The highest BCUT2D eigenvalue weighted by molar-refractivity contribution is 9.10. The maximum Gasteiger partial charge on any atom is 0.126 e. The average molecular weight is 319 g/mol. The molecule has 1 atom stereocenters. The molecule has 0 aliphatic heterocycles. The minimum absolute atomic E-state index is 0.118. The molecule has 18 heavy (non-hydrogen) atoms. The predicted molar refractivity (Wildman–Crippen MR) is 74.6 cm³/mol. The first kappa shape index (κ1) is 15.6. The van der Waals surface area contributed by atoms with Crippen molar-refractivity contribution in [1.82, 2.24) is 5.43 Å². The van der Waals surface area contributed by atoms with E-state index in [1.807, 2.05) is 20.8 Å². The Bertz CT molecular complexity index is 393. The summed E-state index contributed by atoms with van der Waals surface area (Å²) in [6.45, 7) is 6.35. The number of rotatable bonds is 5. The van der Waals surface area contributed by atoms with Gasteiger partial charge in [0.2, 0.25) is 0 Å². The normalized spacial score (nSPS) is 13.7. The van der Waals surface area contributed by atoms with Crippen molar-refractivity contribution in [3.05, 3.63) is 34.1 Å². The molecular formula is C13H20BrFN2O. The maximum absolute atomic E-state index is 13.6. The lowest BCUT2D eigenvalue weighted by Gasteiger charge is -2.24. The molecule has 0 spiro atoms. The van der Waals surface area contributed by atoms with Crippen LogP contribution in [0.2, 0.25) is 0 Å². The predicted octanol–water partition coefficient (Wildman–Crippen LogP) is 2.78.